The third kappa shape index (κ3) is 5.52. The van der Waals surface area contributed by atoms with E-state index in [2.05, 4.69) is 10.2 Å². The van der Waals surface area contributed by atoms with Gasteiger partial charge in [0.15, 0.2) is 0 Å². The van der Waals surface area contributed by atoms with E-state index in [9.17, 15) is 0 Å². The van der Waals surface area contributed by atoms with Crippen LogP contribution in [0.1, 0.15) is 0 Å². The molecule has 0 atom stereocenters. The predicted octanol–water partition coefficient (Wildman–Crippen LogP) is -0.169. The number of hydrogen-bond donors (Lipinski definition) is 1. The van der Waals surface area contributed by atoms with Gasteiger partial charge >= 0.3 is 0 Å². The molecule has 0 amide bonds. The van der Waals surface area contributed by atoms with Crippen molar-refractivity contribution in [2.75, 3.05) is 20.8 Å². The van der Waals surface area contributed by atoms with Crippen LogP contribution in [-0.2, 0) is 0 Å². The second-order valence-electron chi connectivity index (χ2n) is 1.24. The van der Waals surface area contributed by atoms with Crippen molar-refractivity contribution in [3.05, 3.63) is 0 Å². The summed E-state index contributed by atoms with van der Waals surface area (Å²) in [6.07, 6.45) is 0. The van der Waals surface area contributed by atoms with Gasteiger partial charge in [-0.25, -0.2) is 5.01 Å². The van der Waals surface area contributed by atoms with Gasteiger partial charge in [-0.2, -0.15) is 10.2 Å². The highest BCUT2D eigenvalue weighted by Crippen LogP contribution is 1.70. The standard InChI is InChI=1S/C3H10N4/c1-5-6-3-7(2)4/h3-4H2,1-2H3. The van der Waals surface area contributed by atoms with Gasteiger partial charge in [-0.05, 0) is 0 Å². The van der Waals surface area contributed by atoms with Crippen molar-refractivity contribution in [1.29, 1.82) is 0 Å². The van der Waals surface area contributed by atoms with Gasteiger partial charge in [-0.3, -0.25) is 5.84 Å². The average Bonchev–Trinajstić information content (AvgIpc) is 1.61. The Morgan fingerprint density at radius 3 is 2.43 bits per heavy atom. The SMILES string of the molecule is CN=NCN(C)N. The summed E-state index contributed by atoms with van der Waals surface area (Å²) in [6, 6.07) is 0. The molecule has 0 aliphatic heterocycles. The topological polar surface area (TPSA) is 54.0 Å². The van der Waals surface area contributed by atoms with Gasteiger partial charge in [0, 0.05) is 14.1 Å². The Morgan fingerprint density at radius 2 is 2.29 bits per heavy atom. The lowest BCUT2D eigenvalue weighted by molar-refractivity contribution is 0.354. The molecule has 0 rings (SSSR count). The van der Waals surface area contributed by atoms with Crippen molar-refractivity contribution in [2.45, 2.75) is 0 Å². The predicted molar refractivity (Wildman–Crippen MR) is 27.6 cm³/mol. The smallest absolute Gasteiger partial charge is 0.124 e. The summed E-state index contributed by atoms with van der Waals surface area (Å²) in [7, 11) is 3.35. The number of nitrogens with two attached hydrogens (primary N) is 1. The molecule has 0 saturated heterocycles. The van der Waals surface area contributed by atoms with E-state index in [-0.39, 0.29) is 0 Å². The monoisotopic (exact) mass is 102 g/mol. The van der Waals surface area contributed by atoms with Crippen molar-refractivity contribution >= 4 is 0 Å². The molecular formula is C3H10N4. The van der Waals surface area contributed by atoms with Gasteiger partial charge in [-0.1, -0.05) is 0 Å². The number of nitrogens with zero attached hydrogens (tertiary/aromatic N) is 3. The third-order valence-corrected chi connectivity index (χ3v) is 0.428. The van der Waals surface area contributed by atoms with Crippen molar-refractivity contribution in [2.24, 2.45) is 16.1 Å². The fourth-order valence-corrected chi connectivity index (χ4v) is 0.163. The summed E-state index contributed by atoms with van der Waals surface area (Å²) in [6.45, 7) is 0.469. The van der Waals surface area contributed by atoms with Crippen molar-refractivity contribution in [3.63, 3.8) is 0 Å². The summed E-state index contributed by atoms with van der Waals surface area (Å²) in [4.78, 5) is 0. The Balaban J connectivity index is 2.97. The van der Waals surface area contributed by atoms with Crippen LogP contribution in [0.5, 0.6) is 0 Å². The Hall–Kier alpha value is -0.480. The average molecular weight is 102 g/mol. The first kappa shape index (κ1) is 6.52. The summed E-state index contributed by atoms with van der Waals surface area (Å²) in [5.74, 6) is 5.16. The van der Waals surface area contributed by atoms with Gasteiger partial charge in [-0.15, -0.1) is 0 Å². The molecule has 0 aliphatic rings. The van der Waals surface area contributed by atoms with Crippen LogP contribution < -0.4 is 5.84 Å². The number of rotatable bonds is 2. The summed E-state index contributed by atoms with van der Waals surface area (Å²) >= 11 is 0. The fraction of sp³-hybridized carbons (Fsp3) is 1.00. The van der Waals surface area contributed by atoms with Crippen molar-refractivity contribution in [1.82, 2.24) is 5.01 Å². The van der Waals surface area contributed by atoms with E-state index in [1.807, 2.05) is 0 Å². The summed E-state index contributed by atoms with van der Waals surface area (Å²) < 4.78 is 0. The molecule has 7 heavy (non-hydrogen) atoms. The molecule has 42 valence electrons. The Kier molecular flexibility index (Phi) is 3.45. The highest BCUT2D eigenvalue weighted by molar-refractivity contribution is 4.26. The second-order valence-corrected chi connectivity index (χ2v) is 1.24. The highest BCUT2D eigenvalue weighted by atomic mass is 15.4. The van der Waals surface area contributed by atoms with Crippen LogP contribution in [0.25, 0.3) is 0 Å². The van der Waals surface area contributed by atoms with E-state index < -0.39 is 0 Å². The lowest BCUT2D eigenvalue weighted by atomic mass is 11.0. The Bertz CT molecular complexity index is 58.0. The largest absolute Gasteiger partial charge is 0.267 e. The zero-order valence-corrected chi connectivity index (χ0v) is 4.63. The lowest BCUT2D eigenvalue weighted by Gasteiger charge is -2.00. The first-order chi connectivity index (χ1) is 3.27. The van der Waals surface area contributed by atoms with Crippen LogP contribution in [-0.4, -0.2) is 25.8 Å². The van der Waals surface area contributed by atoms with E-state index in [1.54, 1.807) is 14.1 Å². The maximum atomic E-state index is 5.16. The van der Waals surface area contributed by atoms with E-state index >= 15 is 0 Å². The second kappa shape index (κ2) is 3.70. The number of hydrogen-bond acceptors (Lipinski definition) is 4. The van der Waals surface area contributed by atoms with Crippen LogP contribution in [0.4, 0.5) is 0 Å². The van der Waals surface area contributed by atoms with Crippen molar-refractivity contribution < 1.29 is 0 Å². The number of hydrazine groups is 1. The molecule has 0 fully saturated rings. The minimum atomic E-state index is 0.469. The van der Waals surface area contributed by atoms with Crippen LogP contribution in [0.15, 0.2) is 10.2 Å². The Morgan fingerprint density at radius 1 is 1.71 bits per heavy atom. The Labute approximate surface area is 43.0 Å². The molecule has 4 nitrogen and oxygen atoms in total. The molecule has 0 radical (unpaired) electrons. The molecule has 0 heterocycles. The van der Waals surface area contributed by atoms with Gasteiger partial charge in [0.05, 0.1) is 0 Å². The lowest BCUT2D eigenvalue weighted by Crippen LogP contribution is -2.25. The quantitative estimate of drug-likeness (QED) is 0.299. The number of azo groups is 1. The fourth-order valence-electron chi connectivity index (χ4n) is 0.163. The molecule has 0 aromatic rings. The molecular weight excluding hydrogens is 92.1 g/mol. The molecule has 0 spiro atoms. The van der Waals surface area contributed by atoms with Gasteiger partial charge < -0.3 is 0 Å². The molecule has 0 saturated carbocycles. The highest BCUT2D eigenvalue weighted by Gasteiger charge is 1.79. The summed E-state index contributed by atoms with van der Waals surface area (Å²) in [5.41, 5.74) is 0. The first-order valence-electron chi connectivity index (χ1n) is 1.99. The van der Waals surface area contributed by atoms with Crippen LogP contribution in [0, 0.1) is 0 Å². The van der Waals surface area contributed by atoms with Crippen LogP contribution >= 0.6 is 0 Å². The molecule has 0 unspecified atom stereocenters. The zero-order valence-electron chi connectivity index (χ0n) is 4.63. The molecule has 4 heteroatoms. The molecule has 0 aromatic carbocycles. The van der Waals surface area contributed by atoms with Gasteiger partial charge in [0.2, 0.25) is 0 Å². The molecule has 0 aromatic heterocycles. The van der Waals surface area contributed by atoms with E-state index in [4.69, 9.17) is 5.84 Å². The minimum absolute atomic E-state index is 0.469. The summed E-state index contributed by atoms with van der Waals surface area (Å²) in [5, 5.41) is 8.53. The normalized spacial score (nSPS) is 11.4. The van der Waals surface area contributed by atoms with Gasteiger partial charge in [0.25, 0.3) is 0 Å². The van der Waals surface area contributed by atoms with Gasteiger partial charge in [0.1, 0.15) is 6.67 Å². The minimum Gasteiger partial charge on any atom is -0.267 e. The molecule has 2 N–H and O–H groups in total. The maximum Gasteiger partial charge on any atom is 0.124 e. The van der Waals surface area contributed by atoms with E-state index in [1.165, 1.54) is 5.01 Å². The first-order valence-corrected chi connectivity index (χ1v) is 1.99. The van der Waals surface area contributed by atoms with E-state index in [0.29, 0.717) is 6.67 Å². The zero-order chi connectivity index (χ0) is 5.70. The van der Waals surface area contributed by atoms with E-state index in [0.717, 1.165) is 0 Å². The van der Waals surface area contributed by atoms with Crippen molar-refractivity contribution in [3.8, 4) is 0 Å². The molecule has 0 aliphatic carbocycles. The molecule has 0 bridgehead atoms. The van der Waals surface area contributed by atoms with Crippen LogP contribution in [0.3, 0.4) is 0 Å². The van der Waals surface area contributed by atoms with Crippen LogP contribution in [0.2, 0.25) is 0 Å². The maximum absolute atomic E-state index is 5.16. The third-order valence-electron chi connectivity index (χ3n) is 0.428.